The van der Waals surface area contributed by atoms with Gasteiger partial charge in [-0.3, -0.25) is 0 Å². The molecule has 0 amide bonds. The fourth-order valence-electron chi connectivity index (χ4n) is 3.17. The van der Waals surface area contributed by atoms with Crippen molar-refractivity contribution in [2.75, 3.05) is 0 Å². The summed E-state index contributed by atoms with van der Waals surface area (Å²) in [6.45, 7) is 7.03. The van der Waals surface area contributed by atoms with E-state index >= 15 is 0 Å². The first-order valence-corrected chi connectivity index (χ1v) is 8.42. The van der Waals surface area contributed by atoms with Gasteiger partial charge in [-0.05, 0) is 51.2 Å². The van der Waals surface area contributed by atoms with E-state index in [4.69, 9.17) is 0 Å². The van der Waals surface area contributed by atoms with E-state index in [1.165, 1.54) is 16.4 Å². The molecule has 2 rings (SSSR count). The molecule has 2 aliphatic carbocycles. The SMILES string of the molecule is CCC1=C(/C=C/I)C(C)(C)C2=CC(I)=CCC21. The zero-order valence-corrected chi connectivity index (χ0v) is 14.9. The van der Waals surface area contributed by atoms with Crippen molar-refractivity contribution in [1.82, 2.24) is 0 Å². The Kier molecular flexibility index (Phi) is 4.23. The molecule has 2 heteroatoms. The minimum atomic E-state index is 0.211. The molecule has 0 aliphatic heterocycles. The van der Waals surface area contributed by atoms with Crippen LogP contribution in [0.25, 0.3) is 0 Å². The summed E-state index contributed by atoms with van der Waals surface area (Å²) in [5.74, 6) is 0.663. The standard InChI is InChI=1S/C15H18I2/c1-4-11-12-6-5-10(17)9-14(12)15(2,3)13(11)7-8-16/h5,7-9,12H,4,6H2,1-3H3/b8-7+. The average Bonchev–Trinajstić information content (AvgIpc) is 2.49. The quantitative estimate of drug-likeness (QED) is 0.455. The van der Waals surface area contributed by atoms with Crippen molar-refractivity contribution in [2.24, 2.45) is 11.3 Å². The summed E-state index contributed by atoms with van der Waals surface area (Å²) in [6.07, 6.45) is 9.45. The minimum absolute atomic E-state index is 0.211. The summed E-state index contributed by atoms with van der Waals surface area (Å²) in [7, 11) is 0. The van der Waals surface area contributed by atoms with Crippen molar-refractivity contribution in [3.05, 3.63) is 42.6 Å². The molecule has 0 saturated heterocycles. The summed E-state index contributed by atoms with van der Waals surface area (Å²) < 4.78 is 3.55. The summed E-state index contributed by atoms with van der Waals surface area (Å²) in [5.41, 5.74) is 5.02. The van der Waals surface area contributed by atoms with Crippen LogP contribution in [0.2, 0.25) is 0 Å². The van der Waals surface area contributed by atoms with Gasteiger partial charge in [-0.25, -0.2) is 0 Å². The van der Waals surface area contributed by atoms with Crippen LogP contribution in [0.3, 0.4) is 0 Å². The van der Waals surface area contributed by atoms with Crippen LogP contribution in [0.4, 0.5) is 0 Å². The Balaban J connectivity index is 2.55. The van der Waals surface area contributed by atoms with Crippen molar-refractivity contribution in [2.45, 2.75) is 33.6 Å². The van der Waals surface area contributed by atoms with Crippen LogP contribution in [-0.2, 0) is 0 Å². The molecule has 0 nitrogen and oxygen atoms in total. The molecule has 0 N–H and O–H groups in total. The van der Waals surface area contributed by atoms with Gasteiger partial charge < -0.3 is 0 Å². The number of allylic oxidation sites excluding steroid dienone is 7. The molecule has 0 radical (unpaired) electrons. The van der Waals surface area contributed by atoms with Gasteiger partial charge in [-0.1, -0.05) is 66.7 Å². The lowest BCUT2D eigenvalue weighted by Crippen LogP contribution is -2.16. The summed E-state index contributed by atoms with van der Waals surface area (Å²) in [6, 6.07) is 0. The Morgan fingerprint density at radius 1 is 1.47 bits per heavy atom. The number of halogens is 2. The van der Waals surface area contributed by atoms with Crippen LogP contribution >= 0.6 is 45.2 Å². The van der Waals surface area contributed by atoms with Crippen molar-refractivity contribution in [3.8, 4) is 0 Å². The average molecular weight is 452 g/mol. The molecule has 0 bridgehead atoms. The van der Waals surface area contributed by atoms with Crippen LogP contribution in [-0.4, -0.2) is 0 Å². The van der Waals surface area contributed by atoms with Crippen LogP contribution in [0.1, 0.15) is 33.6 Å². The Morgan fingerprint density at radius 2 is 2.18 bits per heavy atom. The van der Waals surface area contributed by atoms with Gasteiger partial charge in [-0.2, -0.15) is 0 Å². The smallest absolute Gasteiger partial charge is 0.0115 e. The highest BCUT2D eigenvalue weighted by atomic mass is 127. The van der Waals surface area contributed by atoms with Crippen molar-refractivity contribution in [1.29, 1.82) is 0 Å². The van der Waals surface area contributed by atoms with E-state index in [0.717, 1.165) is 0 Å². The third-order valence-electron chi connectivity index (χ3n) is 3.99. The molecule has 0 saturated carbocycles. The van der Waals surface area contributed by atoms with Gasteiger partial charge in [0.05, 0.1) is 0 Å². The topological polar surface area (TPSA) is 0 Å². The lowest BCUT2D eigenvalue weighted by molar-refractivity contribution is 0.527. The van der Waals surface area contributed by atoms with Crippen molar-refractivity contribution in [3.63, 3.8) is 0 Å². The Bertz CT molecular complexity index is 448. The molecule has 0 aromatic carbocycles. The van der Waals surface area contributed by atoms with E-state index in [9.17, 15) is 0 Å². The van der Waals surface area contributed by atoms with E-state index in [1.54, 1.807) is 16.7 Å². The number of hydrogen-bond acceptors (Lipinski definition) is 0. The van der Waals surface area contributed by atoms with Gasteiger partial charge in [-0.15, -0.1) is 0 Å². The second-order valence-electron chi connectivity index (χ2n) is 5.19. The molecular formula is C15H18I2. The maximum absolute atomic E-state index is 2.44. The Morgan fingerprint density at radius 3 is 2.76 bits per heavy atom. The third kappa shape index (κ3) is 2.31. The van der Waals surface area contributed by atoms with Crippen LogP contribution in [0.5, 0.6) is 0 Å². The molecule has 0 aromatic rings. The number of hydrogen-bond donors (Lipinski definition) is 0. The predicted molar refractivity (Wildman–Crippen MR) is 92.6 cm³/mol. The van der Waals surface area contributed by atoms with Crippen LogP contribution in [0.15, 0.2) is 42.6 Å². The van der Waals surface area contributed by atoms with Gasteiger partial charge >= 0.3 is 0 Å². The lowest BCUT2D eigenvalue weighted by Gasteiger charge is -2.27. The first-order valence-electron chi connectivity index (χ1n) is 6.10. The first-order chi connectivity index (χ1) is 8.02. The third-order valence-corrected chi connectivity index (χ3v) is 5.10. The number of fused-ring (bicyclic) bond motifs is 1. The zero-order chi connectivity index (χ0) is 12.6. The molecule has 1 atom stereocenters. The van der Waals surface area contributed by atoms with Gasteiger partial charge in [0.2, 0.25) is 0 Å². The molecular weight excluding hydrogens is 434 g/mol. The van der Waals surface area contributed by atoms with Crippen molar-refractivity contribution >= 4 is 45.2 Å². The number of rotatable bonds is 2. The Hall–Kier alpha value is 0.420. The minimum Gasteiger partial charge on any atom is -0.0702 e. The van der Waals surface area contributed by atoms with Gasteiger partial charge in [0.25, 0.3) is 0 Å². The molecule has 17 heavy (non-hydrogen) atoms. The van der Waals surface area contributed by atoms with E-state index < -0.39 is 0 Å². The van der Waals surface area contributed by atoms with Crippen LogP contribution in [0, 0.1) is 11.3 Å². The summed E-state index contributed by atoms with van der Waals surface area (Å²) in [4.78, 5) is 0. The van der Waals surface area contributed by atoms with E-state index in [-0.39, 0.29) is 5.41 Å². The molecule has 2 aliphatic rings. The summed E-state index contributed by atoms with van der Waals surface area (Å²) >= 11 is 4.77. The van der Waals surface area contributed by atoms with Gasteiger partial charge in [0.15, 0.2) is 0 Å². The zero-order valence-electron chi connectivity index (χ0n) is 10.6. The van der Waals surface area contributed by atoms with Gasteiger partial charge in [0, 0.05) is 14.9 Å². The maximum Gasteiger partial charge on any atom is 0.0115 e. The monoisotopic (exact) mass is 452 g/mol. The molecule has 0 heterocycles. The second kappa shape index (κ2) is 5.19. The normalized spacial score (nSPS) is 27.2. The summed E-state index contributed by atoms with van der Waals surface area (Å²) in [5, 5.41) is 0. The van der Waals surface area contributed by atoms with Crippen LogP contribution < -0.4 is 0 Å². The molecule has 1 unspecified atom stereocenters. The highest BCUT2D eigenvalue weighted by Gasteiger charge is 2.42. The van der Waals surface area contributed by atoms with E-state index in [2.05, 4.69) is 88.3 Å². The first kappa shape index (κ1) is 13.8. The molecule has 92 valence electrons. The molecule has 0 fully saturated rings. The van der Waals surface area contributed by atoms with Gasteiger partial charge in [0.1, 0.15) is 0 Å². The molecule has 0 spiro atoms. The van der Waals surface area contributed by atoms with Crippen molar-refractivity contribution < 1.29 is 0 Å². The predicted octanol–water partition coefficient (Wildman–Crippen LogP) is 5.95. The lowest BCUT2D eigenvalue weighted by atomic mass is 9.77. The Labute approximate surface area is 132 Å². The largest absolute Gasteiger partial charge is 0.0702 e. The molecule has 0 aromatic heterocycles. The fraction of sp³-hybridized carbons (Fsp3) is 0.467. The maximum atomic E-state index is 2.44. The highest BCUT2D eigenvalue weighted by molar-refractivity contribution is 14.1. The second-order valence-corrected chi connectivity index (χ2v) is 7.15. The fourth-order valence-corrected chi connectivity index (χ4v) is 4.12. The van der Waals surface area contributed by atoms with E-state index in [0.29, 0.717) is 5.92 Å². The van der Waals surface area contributed by atoms with E-state index in [1.807, 2.05) is 0 Å². The highest BCUT2D eigenvalue weighted by Crippen LogP contribution is 2.55.